The van der Waals surface area contributed by atoms with E-state index in [0.29, 0.717) is 0 Å². The molecule has 0 fully saturated rings. The lowest BCUT2D eigenvalue weighted by atomic mass is 9.95. The highest BCUT2D eigenvalue weighted by Gasteiger charge is 2.13. The molecule has 0 aromatic carbocycles. The van der Waals surface area contributed by atoms with Crippen LogP contribution in [0.25, 0.3) is 0 Å². The first-order valence-electron chi connectivity index (χ1n) is 2.99. The zero-order valence-electron chi connectivity index (χ0n) is 5.09. The van der Waals surface area contributed by atoms with E-state index in [4.69, 9.17) is 5.11 Å². The maximum Gasteiger partial charge on any atom is 0.0640 e. The smallest absolute Gasteiger partial charge is 0.0640 e. The Labute approximate surface area is 50.0 Å². The molecule has 1 N–H and O–H groups in total. The van der Waals surface area contributed by atoms with Crippen LogP contribution in [0, 0.1) is 5.92 Å². The maximum absolute atomic E-state index is 9.09. The number of rotatable bonds is 0. The summed E-state index contributed by atoms with van der Waals surface area (Å²) in [5.74, 6) is 1.09. The highest BCUT2D eigenvalue weighted by atomic mass is 16.3. The topological polar surface area (TPSA) is 20.2 Å². The van der Waals surface area contributed by atoms with E-state index in [9.17, 15) is 0 Å². The first-order chi connectivity index (χ1) is 3.80. The number of hydrogen-bond donors (Lipinski definition) is 1. The zero-order chi connectivity index (χ0) is 5.98. The molecule has 0 aromatic heterocycles. The van der Waals surface area contributed by atoms with Crippen LogP contribution in [0.2, 0.25) is 0 Å². The zero-order valence-corrected chi connectivity index (χ0v) is 5.09. The third kappa shape index (κ3) is 1.10. The van der Waals surface area contributed by atoms with Crippen LogP contribution < -0.4 is 0 Å². The van der Waals surface area contributed by atoms with Crippen molar-refractivity contribution in [3.63, 3.8) is 0 Å². The van der Waals surface area contributed by atoms with E-state index in [1.807, 2.05) is 13.0 Å². The SMILES string of the molecule is C[C]1C=CCC[C@@H]1O. The van der Waals surface area contributed by atoms with Gasteiger partial charge in [-0.05, 0) is 12.8 Å². The predicted molar refractivity (Wildman–Crippen MR) is 33.3 cm³/mol. The number of hydrogen-bond acceptors (Lipinski definition) is 1. The molecule has 0 spiro atoms. The van der Waals surface area contributed by atoms with Gasteiger partial charge < -0.3 is 5.11 Å². The Morgan fingerprint density at radius 3 is 2.88 bits per heavy atom. The van der Waals surface area contributed by atoms with Gasteiger partial charge in [-0.1, -0.05) is 19.1 Å². The van der Waals surface area contributed by atoms with E-state index in [1.54, 1.807) is 0 Å². The van der Waals surface area contributed by atoms with Crippen molar-refractivity contribution in [3.05, 3.63) is 18.1 Å². The molecule has 1 aliphatic carbocycles. The summed E-state index contributed by atoms with van der Waals surface area (Å²) in [5, 5.41) is 9.09. The van der Waals surface area contributed by atoms with E-state index >= 15 is 0 Å². The lowest BCUT2D eigenvalue weighted by Crippen LogP contribution is -2.15. The Balaban J connectivity index is 2.47. The summed E-state index contributed by atoms with van der Waals surface area (Å²) in [6.07, 6.45) is 5.86. The van der Waals surface area contributed by atoms with Crippen LogP contribution in [-0.2, 0) is 0 Å². The Bertz CT molecular complexity index is 96.6. The minimum absolute atomic E-state index is 0.167. The largest absolute Gasteiger partial charge is 0.392 e. The molecule has 0 aliphatic heterocycles. The molecule has 0 saturated heterocycles. The number of aliphatic hydroxyl groups is 1. The third-order valence-electron chi connectivity index (χ3n) is 1.51. The van der Waals surface area contributed by atoms with E-state index < -0.39 is 0 Å². The summed E-state index contributed by atoms with van der Waals surface area (Å²) in [6, 6.07) is 0. The first-order valence-corrected chi connectivity index (χ1v) is 2.99. The minimum atomic E-state index is -0.167. The predicted octanol–water partition coefficient (Wildman–Crippen LogP) is 1.29. The second-order valence-corrected chi connectivity index (χ2v) is 2.24. The van der Waals surface area contributed by atoms with E-state index in [-0.39, 0.29) is 6.10 Å². The van der Waals surface area contributed by atoms with Crippen LogP contribution in [0.1, 0.15) is 19.8 Å². The van der Waals surface area contributed by atoms with Gasteiger partial charge in [0.25, 0.3) is 0 Å². The molecule has 45 valence electrons. The van der Waals surface area contributed by atoms with Crippen LogP contribution >= 0.6 is 0 Å². The number of allylic oxidation sites excluding steroid dienone is 1. The Morgan fingerprint density at radius 1 is 1.75 bits per heavy atom. The molecule has 0 amide bonds. The van der Waals surface area contributed by atoms with Gasteiger partial charge in [-0.2, -0.15) is 0 Å². The van der Waals surface area contributed by atoms with Gasteiger partial charge in [0, 0.05) is 5.92 Å². The van der Waals surface area contributed by atoms with E-state index in [1.165, 1.54) is 0 Å². The van der Waals surface area contributed by atoms with Crippen molar-refractivity contribution in [2.45, 2.75) is 25.9 Å². The molecule has 0 bridgehead atoms. The van der Waals surface area contributed by atoms with Crippen LogP contribution in [0.3, 0.4) is 0 Å². The van der Waals surface area contributed by atoms with Crippen molar-refractivity contribution in [3.8, 4) is 0 Å². The van der Waals surface area contributed by atoms with Crippen molar-refractivity contribution in [2.75, 3.05) is 0 Å². The van der Waals surface area contributed by atoms with Crippen molar-refractivity contribution in [1.29, 1.82) is 0 Å². The maximum atomic E-state index is 9.09. The Kier molecular flexibility index (Phi) is 1.69. The van der Waals surface area contributed by atoms with Gasteiger partial charge in [-0.25, -0.2) is 0 Å². The summed E-state index contributed by atoms with van der Waals surface area (Å²) >= 11 is 0. The van der Waals surface area contributed by atoms with Gasteiger partial charge in [0.2, 0.25) is 0 Å². The number of aliphatic hydroxyl groups excluding tert-OH is 1. The fourth-order valence-electron chi connectivity index (χ4n) is 0.862. The molecule has 1 heteroatoms. The van der Waals surface area contributed by atoms with E-state index in [0.717, 1.165) is 18.8 Å². The van der Waals surface area contributed by atoms with Gasteiger partial charge in [0.15, 0.2) is 0 Å². The van der Waals surface area contributed by atoms with Gasteiger partial charge in [-0.15, -0.1) is 0 Å². The second kappa shape index (κ2) is 2.31. The fraction of sp³-hybridized carbons (Fsp3) is 0.571. The molecule has 1 atom stereocenters. The van der Waals surface area contributed by atoms with Crippen molar-refractivity contribution in [1.82, 2.24) is 0 Å². The summed E-state index contributed by atoms with van der Waals surface area (Å²) < 4.78 is 0. The molecular weight excluding hydrogens is 100 g/mol. The average molecular weight is 111 g/mol. The Morgan fingerprint density at radius 2 is 2.50 bits per heavy atom. The summed E-state index contributed by atoms with van der Waals surface area (Å²) in [4.78, 5) is 0. The van der Waals surface area contributed by atoms with Crippen LogP contribution in [0.5, 0.6) is 0 Å². The lowest BCUT2D eigenvalue weighted by molar-refractivity contribution is 0.181. The van der Waals surface area contributed by atoms with Crippen LogP contribution in [0.4, 0.5) is 0 Å². The third-order valence-corrected chi connectivity index (χ3v) is 1.51. The second-order valence-electron chi connectivity index (χ2n) is 2.24. The minimum Gasteiger partial charge on any atom is -0.392 e. The highest BCUT2D eigenvalue weighted by molar-refractivity contribution is 5.14. The molecule has 8 heavy (non-hydrogen) atoms. The molecule has 1 radical (unpaired) electrons. The standard InChI is InChI=1S/C7H11O/c1-6-4-2-3-5-7(6)8/h2,4,7-8H,3,5H2,1H3/t7-/m0/s1. The fourth-order valence-corrected chi connectivity index (χ4v) is 0.862. The van der Waals surface area contributed by atoms with Crippen molar-refractivity contribution >= 4 is 0 Å². The van der Waals surface area contributed by atoms with Gasteiger partial charge in [0.1, 0.15) is 0 Å². The van der Waals surface area contributed by atoms with Crippen molar-refractivity contribution < 1.29 is 5.11 Å². The van der Waals surface area contributed by atoms with Crippen LogP contribution in [-0.4, -0.2) is 11.2 Å². The monoisotopic (exact) mass is 111 g/mol. The summed E-state index contributed by atoms with van der Waals surface area (Å²) in [6.45, 7) is 1.96. The molecule has 0 aromatic rings. The van der Waals surface area contributed by atoms with E-state index in [2.05, 4.69) is 6.08 Å². The molecule has 1 nitrogen and oxygen atoms in total. The lowest BCUT2D eigenvalue weighted by Gasteiger charge is -2.17. The molecule has 0 unspecified atom stereocenters. The quantitative estimate of drug-likeness (QED) is 0.499. The van der Waals surface area contributed by atoms with Crippen LogP contribution in [0.15, 0.2) is 12.2 Å². The summed E-state index contributed by atoms with van der Waals surface area (Å²) in [7, 11) is 0. The van der Waals surface area contributed by atoms with Gasteiger partial charge in [-0.3, -0.25) is 0 Å². The highest BCUT2D eigenvalue weighted by Crippen LogP contribution is 2.18. The first kappa shape index (κ1) is 5.83. The Hall–Kier alpha value is -0.300. The molecule has 1 aliphatic rings. The molecular formula is C7H11O. The molecule has 0 saturated carbocycles. The molecule has 1 rings (SSSR count). The van der Waals surface area contributed by atoms with Crippen molar-refractivity contribution in [2.24, 2.45) is 0 Å². The normalized spacial score (nSPS) is 31.0. The van der Waals surface area contributed by atoms with Gasteiger partial charge in [0.05, 0.1) is 6.10 Å². The average Bonchev–Trinajstić information content (AvgIpc) is 1.77. The van der Waals surface area contributed by atoms with Gasteiger partial charge >= 0.3 is 0 Å². The summed E-state index contributed by atoms with van der Waals surface area (Å²) in [5.41, 5.74) is 0. The molecule has 0 heterocycles.